The minimum atomic E-state index is -0.618. The molecule has 19 heavy (non-hydrogen) atoms. The van der Waals surface area contributed by atoms with Gasteiger partial charge in [0.2, 0.25) is 12.2 Å². The number of nitro groups is 1. The highest BCUT2D eigenvalue weighted by Crippen LogP contribution is 2.20. The van der Waals surface area contributed by atoms with E-state index in [1.54, 1.807) is 7.05 Å². The van der Waals surface area contributed by atoms with E-state index in [4.69, 9.17) is 0 Å². The summed E-state index contributed by atoms with van der Waals surface area (Å²) >= 11 is 0. The SMILES string of the molecule is CC(=O)N(C)c1cnn(-c2cncnc2[N+](=O)[O-])c1. The van der Waals surface area contributed by atoms with Gasteiger partial charge in [-0.25, -0.2) is 9.67 Å². The van der Waals surface area contributed by atoms with Gasteiger partial charge in [-0.15, -0.1) is 0 Å². The molecule has 0 unspecified atom stereocenters. The van der Waals surface area contributed by atoms with E-state index in [-0.39, 0.29) is 17.4 Å². The standard InChI is InChI=1S/C10H10N6O3/c1-7(17)14(2)8-3-13-15(5-8)9-4-11-6-12-10(9)16(18)19/h3-6H,1-2H3. The van der Waals surface area contributed by atoms with Crippen LogP contribution in [0.3, 0.4) is 0 Å². The molecule has 0 saturated heterocycles. The zero-order chi connectivity index (χ0) is 14.0. The maximum Gasteiger partial charge on any atom is 0.392 e. The van der Waals surface area contributed by atoms with Gasteiger partial charge in [-0.05, 0) is 9.91 Å². The lowest BCUT2D eigenvalue weighted by atomic mass is 10.4. The first-order chi connectivity index (χ1) is 9.00. The maximum absolute atomic E-state index is 11.2. The molecule has 0 atom stereocenters. The molecule has 0 bridgehead atoms. The second-order valence-electron chi connectivity index (χ2n) is 3.71. The van der Waals surface area contributed by atoms with Gasteiger partial charge in [-0.3, -0.25) is 4.79 Å². The Bertz CT molecular complexity index is 638. The summed E-state index contributed by atoms with van der Waals surface area (Å²) in [5.74, 6) is -0.520. The third-order valence-electron chi connectivity index (χ3n) is 2.52. The molecule has 0 aliphatic carbocycles. The van der Waals surface area contributed by atoms with Crippen molar-refractivity contribution in [2.45, 2.75) is 6.92 Å². The largest absolute Gasteiger partial charge is 0.392 e. The number of hydrogen-bond acceptors (Lipinski definition) is 6. The summed E-state index contributed by atoms with van der Waals surface area (Å²) in [5, 5.41) is 14.8. The van der Waals surface area contributed by atoms with E-state index in [2.05, 4.69) is 15.1 Å². The quantitative estimate of drug-likeness (QED) is 0.590. The van der Waals surface area contributed by atoms with Crippen LogP contribution in [0.5, 0.6) is 0 Å². The van der Waals surface area contributed by atoms with Crippen LogP contribution in [0.2, 0.25) is 0 Å². The Morgan fingerprint density at radius 2 is 2.21 bits per heavy atom. The highest BCUT2D eigenvalue weighted by atomic mass is 16.6. The predicted octanol–water partition coefficient (Wildman–Crippen LogP) is 0.553. The summed E-state index contributed by atoms with van der Waals surface area (Å²) < 4.78 is 1.26. The van der Waals surface area contributed by atoms with Crippen LogP contribution < -0.4 is 4.90 Å². The summed E-state index contributed by atoms with van der Waals surface area (Å²) in [4.78, 5) is 30.2. The second kappa shape index (κ2) is 4.80. The van der Waals surface area contributed by atoms with Crippen molar-refractivity contribution in [3.63, 3.8) is 0 Å². The molecule has 2 rings (SSSR count). The van der Waals surface area contributed by atoms with Gasteiger partial charge in [-0.2, -0.15) is 5.10 Å². The molecule has 2 aromatic heterocycles. The molecule has 0 aliphatic heterocycles. The average molecular weight is 262 g/mol. The van der Waals surface area contributed by atoms with Crippen LogP contribution in [0.15, 0.2) is 24.9 Å². The van der Waals surface area contributed by atoms with Gasteiger partial charge in [0.1, 0.15) is 0 Å². The summed E-state index contributed by atoms with van der Waals surface area (Å²) in [6.45, 7) is 1.41. The fraction of sp³-hybridized carbons (Fsp3) is 0.200. The van der Waals surface area contributed by atoms with E-state index in [1.165, 1.54) is 35.1 Å². The van der Waals surface area contributed by atoms with Crippen molar-refractivity contribution in [3.05, 3.63) is 35.0 Å². The molecule has 0 spiro atoms. The van der Waals surface area contributed by atoms with Crippen LogP contribution in [0, 0.1) is 10.1 Å². The van der Waals surface area contributed by atoms with E-state index in [1.807, 2.05) is 0 Å². The van der Waals surface area contributed by atoms with Gasteiger partial charge in [-0.1, -0.05) is 0 Å². The summed E-state index contributed by atoms with van der Waals surface area (Å²) in [7, 11) is 1.58. The average Bonchev–Trinajstić information content (AvgIpc) is 2.87. The van der Waals surface area contributed by atoms with Gasteiger partial charge >= 0.3 is 5.82 Å². The number of aromatic nitrogens is 4. The first-order valence-electron chi connectivity index (χ1n) is 5.24. The molecule has 2 aromatic rings. The molecular weight excluding hydrogens is 252 g/mol. The minimum Gasteiger partial charge on any atom is -0.358 e. The number of hydrogen-bond donors (Lipinski definition) is 0. The highest BCUT2D eigenvalue weighted by molar-refractivity contribution is 5.90. The Balaban J connectivity index is 2.44. The number of carbonyl (C=O) groups excluding carboxylic acids is 1. The number of amides is 1. The molecule has 0 aliphatic rings. The van der Waals surface area contributed by atoms with Crippen LogP contribution in [0.4, 0.5) is 11.5 Å². The third-order valence-corrected chi connectivity index (χ3v) is 2.52. The zero-order valence-corrected chi connectivity index (χ0v) is 10.2. The second-order valence-corrected chi connectivity index (χ2v) is 3.71. The van der Waals surface area contributed by atoms with Gasteiger partial charge in [0.25, 0.3) is 0 Å². The van der Waals surface area contributed by atoms with Crippen molar-refractivity contribution in [2.75, 3.05) is 11.9 Å². The van der Waals surface area contributed by atoms with Crippen LogP contribution >= 0.6 is 0 Å². The third kappa shape index (κ3) is 2.39. The number of carbonyl (C=O) groups is 1. The van der Waals surface area contributed by atoms with Crippen LogP contribution in [-0.2, 0) is 4.79 Å². The molecule has 0 saturated carbocycles. The Kier molecular flexibility index (Phi) is 3.19. The van der Waals surface area contributed by atoms with E-state index in [0.717, 1.165) is 6.33 Å². The van der Waals surface area contributed by atoms with Crippen LogP contribution in [0.1, 0.15) is 6.92 Å². The van der Waals surface area contributed by atoms with E-state index >= 15 is 0 Å². The first kappa shape index (κ1) is 12.6. The molecule has 0 fully saturated rings. The smallest absolute Gasteiger partial charge is 0.358 e. The molecule has 9 heteroatoms. The van der Waals surface area contributed by atoms with Crippen LogP contribution in [-0.4, -0.2) is 37.6 Å². The lowest BCUT2D eigenvalue weighted by molar-refractivity contribution is -0.389. The van der Waals surface area contributed by atoms with Gasteiger partial charge in [0.15, 0.2) is 5.69 Å². The molecule has 0 N–H and O–H groups in total. The van der Waals surface area contributed by atoms with Crippen molar-refractivity contribution < 1.29 is 9.72 Å². The molecule has 98 valence electrons. The minimum absolute atomic E-state index is 0.135. The Hall–Kier alpha value is -2.84. The fourth-order valence-electron chi connectivity index (χ4n) is 1.42. The maximum atomic E-state index is 11.2. The monoisotopic (exact) mass is 262 g/mol. The summed E-state index contributed by atoms with van der Waals surface area (Å²) in [6.07, 6.45) is 5.30. The molecular formula is C10H10N6O3. The lowest BCUT2D eigenvalue weighted by Gasteiger charge is -2.10. The predicted molar refractivity (Wildman–Crippen MR) is 64.9 cm³/mol. The number of rotatable bonds is 3. The molecule has 0 aromatic carbocycles. The van der Waals surface area contributed by atoms with E-state index in [0.29, 0.717) is 5.69 Å². The van der Waals surface area contributed by atoms with Crippen molar-refractivity contribution in [1.82, 2.24) is 19.7 Å². The number of nitrogens with zero attached hydrogens (tertiary/aromatic N) is 6. The van der Waals surface area contributed by atoms with Gasteiger partial charge in [0, 0.05) is 14.0 Å². The zero-order valence-electron chi connectivity index (χ0n) is 10.2. The fourth-order valence-corrected chi connectivity index (χ4v) is 1.42. The molecule has 0 radical (unpaired) electrons. The van der Waals surface area contributed by atoms with Crippen molar-refractivity contribution in [2.24, 2.45) is 0 Å². The molecule has 2 heterocycles. The van der Waals surface area contributed by atoms with Gasteiger partial charge in [0.05, 0.1) is 24.3 Å². The van der Waals surface area contributed by atoms with Gasteiger partial charge < -0.3 is 15.0 Å². The van der Waals surface area contributed by atoms with E-state index < -0.39 is 4.92 Å². The Morgan fingerprint density at radius 1 is 1.47 bits per heavy atom. The van der Waals surface area contributed by atoms with Crippen molar-refractivity contribution >= 4 is 17.4 Å². The molecule has 9 nitrogen and oxygen atoms in total. The topological polar surface area (TPSA) is 107 Å². The Labute approximate surface area is 107 Å². The first-order valence-corrected chi connectivity index (χ1v) is 5.24. The molecule has 1 amide bonds. The summed E-state index contributed by atoms with van der Waals surface area (Å²) in [5.41, 5.74) is 0.654. The normalized spacial score (nSPS) is 10.2. The Morgan fingerprint density at radius 3 is 2.84 bits per heavy atom. The van der Waals surface area contributed by atoms with Crippen molar-refractivity contribution in [3.8, 4) is 5.69 Å². The number of anilines is 1. The van der Waals surface area contributed by atoms with Crippen molar-refractivity contribution in [1.29, 1.82) is 0 Å². The summed E-state index contributed by atoms with van der Waals surface area (Å²) in [6, 6.07) is 0. The lowest BCUT2D eigenvalue weighted by Crippen LogP contribution is -2.22. The van der Waals surface area contributed by atoms with Crippen LogP contribution in [0.25, 0.3) is 5.69 Å². The van der Waals surface area contributed by atoms with E-state index in [9.17, 15) is 14.9 Å². The highest BCUT2D eigenvalue weighted by Gasteiger charge is 2.18.